The van der Waals surface area contributed by atoms with Gasteiger partial charge in [-0.25, -0.2) is 18.1 Å². The number of rotatable bonds is 6. The minimum absolute atomic E-state index is 0.277. The lowest BCUT2D eigenvalue weighted by molar-refractivity contribution is 0.581. The van der Waals surface area contributed by atoms with Gasteiger partial charge in [0.1, 0.15) is 12.2 Å². The van der Waals surface area contributed by atoms with Gasteiger partial charge < -0.3 is 0 Å². The van der Waals surface area contributed by atoms with E-state index in [-0.39, 0.29) is 11.4 Å². The molecule has 7 heteroatoms. The number of hydrogen-bond acceptors (Lipinski definition) is 4. The zero-order valence-corrected chi connectivity index (χ0v) is 12.3. The second-order valence-electron chi connectivity index (χ2n) is 4.80. The molecule has 20 heavy (non-hydrogen) atoms. The lowest BCUT2D eigenvalue weighted by Gasteiger charge is -2.08. The van der Waals surface area contributed by atoms with Gasteiger partial charge in [-0.05, 0) is 23.6 Å². The molecule has 1 heterocycles. The first kappa shape index (κ1) is 14.7. The van der Waals surface area contributed by atoms with Crippen LogP contribution in [0.3, 0.4) is 0 Å². The molecule has 108 valence electrons. The lowest BCUT2D eigenvalue weighted by Crippen LogP contribution is -2.26. The molecule has 2 aromatic rings. The van der Waals surface area contributed by atoms with Crippen molar-refractivity contribution in [2.75, 3.05) is 6.54 Å². The Kier molecular flexibility index (Phi) is 4.51. The van der Waals surface area contributed by atoms with Crippen LogP contribution in [0.25, 0.3) is 0 Å². The zero-order valence-electron chi connectivity index (χ0n) is 11.5. The van der Waals surface area contributed by atoms with Crippen molar-refractivity contribution >= 4 is 10.0 Å². The van der Waals surface area contributed by atoms with E-state index in [0.717, 1.165) is 5.56 Å². The fourth-order valence-corrected chi connectivity index (χ4v) is 2.80. The maximum absolute atomic E-state index is 12.1. The van der Waals surface area contributed by atoms with Crippen molar-refractivity contribution in [1.29, 1.82) is 0 Å². The fourth-order valence-electron chi connectivity index (χ4n) is 1.77. The molecule has 0 fully saturated rings. The highest BCUT2D eigenvalue weighted by atomic mass is 32.2. The van der Waals surface area contributed by atoms with Gasteiger partial charge in [0.05, 0.1) is 4.90 Å². The van der Waals surface area contributed by atoms with Gasteiger partial charge in [0.25, 0.3) is 0 Å². The number of hydrogen-bond donors (Lipinski definition) is 2. The smallest absolute Gasteiger partial charge is 0.240 e. The largest absolute Gasteiger partial charge is 0.263 e. The summed E-state index contributed by atoms with van der Waals surface area (Å²) in [6, 6.07) is 6.95. The first-order valence-corrected chi connectivity index (χ1v) is 7.91. The monoisotopic (exact) mass is 294 g/mol. The summed E-state index contributed by atoms with van der Waals surface area (Å²) in [6.07, 6.45) is 1.87. The van der Waals surface area contributed by atoms with Gasteiger partial charge in [-0.1, -0.05) is 26.0 Å². The van der Waals surface area contributed by atoms with Crippen molar-refractivity contribution in [3.8, 4) is 0 Å². The van der Waals surface area contributed by atoms with E-state index in [0.29, 0.717) is 18.2 Å². The van der Waals surface area contributed by atoms with Gasteiger partial charge >= 0.3 is 0 Å². The zero-order chi connectivity index (χ0) is 14.6. The second-order valence-corrected chi connectivity index (χ2v) is 6.57. The van der Waals surface area contributed by atoms with Crippen LogP contribution in [0.1, 0.15) is 31.2 Å². The average molecular weight is 294 g/mol. The summed E-state index contributed by atoms with van der Waals surface area (Å²) in [5, 5.41) is 6.40. The molecule has 0 spiro atoms. The van der Waals surface area contributed by atoms with E-state index in [1.807, 2.05) is 12.1 Å². The number of sulfonamides is 1. The molecule has 0 unspecified atom stereocenters. The highest BCUT2D eigenvalue weighted by Crippen LogP contribution is 2.17. The van der Waals surface area contributed by atoms with Crippen LogP contribution in [0.5, 0.6) is 0 Å². The fraction of sp³-hybridized carbons (Fsp3) is 0.385. The molecule has 0 aliphatic heterocycles. The Hall–Kier alpha value is -1.73. The van der Waals surface area contributed by atoms with E-state index in [9.17, 15) is 8.42 Å². The molecule has 0 aliphatic rings. The van der Waals surface area contributed by atoms with Gasteiger partial charge in [0, 0.05) is 13.0 Å². The van der Waals surface area contributed by atoms with Gasteiger partial charge in [-0.15, -0.1) is 0 Å². The third-order valence-electron chi connectivity index (χ3n) is 2.98. The van der Waals surface area contributed by atoms with Crippen molar-refractivity contribution in [1.82, 2.24) is 19.9 Å². The normalized spacial score (nSPS) is 11.9. The van der Waals surface area contributed by atoms with Crippen molar-refractivity contribution < 1.29 is 8.42 Å². The Morgan fingerprint density at radius 1 is 1.25 bits per heavy atom. The molecule has 1 aromatic heterocycles. The molecule has 0 bridgehead atoms. The number of nitrogens with one attached hydrogen (secondary N) is 2. The first-order valence-electron chi connectivity index (χ1n) is 6.43. The molecule has 0 amide bonds. The molecule has 0 atom stereocenters. The summed E-state index contributed by atoms with van der Waals surface area (Å²) in [4.78, 5) is 4.22. The predicted octanol–water partition coefficient (Wildman–Crippen LogP) is 1.45. The average Bonchev–Trinajstić information content (AvgIpc) is 2.92. The predicted molar refractivity (Wildman–Crippen MR) is 75.8 cm³/mol. The summed E-state index contributed by atoms with van der Waals surface area (Å²) in [6.45, 7) is 4.42. The molecular weight excluding hydrogens is 276 g/mol. The molecule has 2 N–H and O–H groups in total. The minimum atomic E-state index is -3.47. The molecular formula is C13H18N4O2S. The van der Waals surface area contributed by atoms with E-state index in [4.69, 9.17) is 0 Å². The summed E-state index contributed by atoms with van der Waals surface area (Å²) >= 11 is 0. The van der Waals surface area contributed by atoms with Crippen molar-refractivity contribution in [2.45, 2.75) is 31.1 Å². The van der Waals surface area contributed by atoms with E-state index in [2.05, 4.69) is 33.8 Å². The Bertz CT molecular complexity index is 634. The van der Waals surface area contributed by atoms with Crippen molar-refractivity contribution in [3.63, 3.8) is 0 Å². The van der Waals surface area contributed by atoms with Crippen LogP contribution in [0.4, 0.5) is 0 Å². The summed E-state index contributed by atoms with van der Waals surface area (Å²) < 4.78 is 26.7. The Morgan fingerprint density at radius 3 is 2.50 bits per heavy atom. The highest BCUT2D eigenvalue weighted by molar-refractivity contribution is 7.89. The van der Waals surface area contributed by atoms with Gasteiger partial charge in [0.15, 0.2) is 0 Å². The van der Waals surface area contributed by atoms with Crippen LogP contribution in [0.2, 0.25) is 0 Å². The van der Waals surface area contributed by atoms with Gasteiger partial charge in [-0.3, -0.25) is 5.10 Å². The van der Waals surface area contributed by atoms with Crippen LogP contribution in [0, 0.1) is 0 Å². The van der Waals surface area contributed by atoms with Gasteiger partial charge in [0.2, 0.25) is 10.0 Å². The van der Waals surface area contributed by atoms with Gasteiger partial charge in [-0.2, -0.15) is 5.10 Å². The molecule has 0 radical (unpaired) electrons. The molecule has 1 aromatic carbocycles. The molecule has 2 rings (SSSR count). The summed E-state index contributed by atoms with van der Waals surface area (Å²) in [5.74, 6) is 1.04. The number of H-pyrrole nitrogens is 1. The van der Waals surface area contributed by atoms with Crippen LogP contribution in [-0.2, 0) is 16.4 Å². The second kappa shape index (κ2) is 6.15. The number of aromatic amines is 1. The molecule has 6 nitrogen and oxygen atoms in total. The van der Waals surface area contributed by atoms with E-state index >= 15 is 0 Å². The Morgan fingerprint density at radius 2 is 1.95 bits per heavy atom. The maximum Gasteiger partial charge on any atom is 0.240 e. The van der Waals surface area contributed by atoms with Crippen LogP contribution in [-0.4, -0.2) is 30.1 Å². The number of nitrogens with zero attached hydrogens (tertiary/aromatic N) is 2. The van der Waals surface area contributed by atoms with E-state index in [1.54, 1.807) is 12.1 Å². The number of aromatic nitrogens is 3. The van der Waals surface area contributed by atoms with Crippen LogP contribution in [0.15, 0.2) is 35.5 Å². The third-order valence-corrected chi connectivity index (χ3v) is 4.45. The highest BCUT2D eigenvalue weighted by Gasteiger charge is 2.13. The maximum atomic E-state index is 12.1. The molecule has 0 aliphatic carbocycles. The Balaban J connectivity index is 1.99. The summed E-state index contributed by atoms with van der Waals surface area (Å²) in [7, 11) is -3.47. The SMILES string of the molecule is CC(C)c1ccc(S(=O)(=O)NCCc2ncn[nH]2)cc1. The third kappa shape index (κ3) is 3.64. The lowest BCUT2D eigenvalue weighted by atomic mass is 10.0. The summed E-state index contributed by atoms with van der Waals surface area (Å²) in [5.41, 5.74) is 1.12. The molecule has 0 saturated heterocycles. The topological polar surface area (TPSA) is 87.7 Å². The number of benzene rings is 1. The van der Waals surface area contributed by atoms with E-state index in [1.165, 1.54) is 6.33 Å². The van der Waals surface area contributed by atoms with E-state index < -0.39 is 10.0 Å². The molecule has 0 saturated carbocycles. The minimum Gasteiger partial charge on any atom is -0.263 e. The van der Waals surface area contributed by atoms with Crippen molar-refractivity contribution in [3.05, 3.63) is 42.0 Å². The van der Waals surface area contributed by atoms with Crippen LogP contribution >= 0.6 is 0 Å². The van der Waals surface area contributed by atoms with Crippen LogP contribution < -0.4 is 4.72 Å². The Labute approximate surface area is 118 Å². The quantitative estimate of drug-likeness (QED) is 0.844. The first-order chi connectivity index (χ1) is 9.49. The standard InChI is InChI=1S/C13H18N4O2S/c1-10(2)11-3-5-12(6-4-11)20(18,19)16-8-7-13-14-9-15-17-13/h3-6,9-10,16H,7-8H2,1-2H3,(H,14,15,17). The van der Waals surface area contributed by atoms with Crippen molar-refractivity contribution in [2.24, 2.45) is 0 Å².